The molecule has 1 unspecified atom stereocenters. The molecule has 1 aliphatic heterocycles. The van der Waals surface area contributed by atoms with Crippen LogP contribution in [0.5, 0.6) is 0 Å². The number of ether oxygens (including phenoxy) is 1. The van der Waals surface area contributed by atoms with Crippen molar-refractivity contribution in [3.63, 3.8) is 0 Å². The third-order valence-corrected chi connectivity index (χ3v) is 7.21. The normalized spacial score (nSPS) is 15.2. The maximum Gasteiger partial charge on any atom is 0.338 e. The lowest BCUT2D eigenvalue weighted by atomic mass is 9.96. The molecule has 2 aromatic carbocycles. The number of hydrogen-bond acceptors (Lipinski definition) is 8. The Morgan fingerprint density at radius 3 is 2.66 bits per heavy atom. The second-order valence-electron chi connectivity index (χ2n) is 8.67. The van der Waals surface area contributed by atoms with Gasteiger partial charge >= 0.3 is 5.97 Å². The van der Waals surface area contributed by atoms with E-state index in [1.165, 1.54) is 22.0 Å². The number of fused-ring (bicyclic) bond motifs is 1. The van der Waals surface area contributed by atoms with Gasteiger partial charge in [0.15, 0.2) is 4.80 Å². The van der Waals surface area contributed by atoms with Gasteiger partial charge < -0.3 is 9.15 Å². The zero-order chi connectivity index (χ0) is 27.0. The first-order valence-corrected chi connectivity index (χ1v) is 12.7. The van der Waals surface area contributed by atoms with Crippen LogP contribution in [-0.2, 0) is 9.53 Å². The Bertz CT molecular complexity index is 1780. The Morgan fingerprint density at radius 2 is 1.95 bits per heavy atom. The van der Waals surface area contributed by atoms with Crippen LogP contribution in [0.15, 0.2) is 86.1 Å². The van der Waals surface area contributed by atoms with Crippen molar-refractivity contribution in [3.05, 3.63) is 119 Å². The molecule has 9 nitrogen and oxygen atoms in total. The summed E-state index contributed by atoms with van der Waals surface area (Å²) in [5, 5.41) is 11.3. The minimum absolute atomic E-state index is 0.00226. The Balaban J connectivity index is 1.61. The quantitative estimate of drug-likeness (QED) is 0.209. The summed E-state index contributed by atoms with van der Waals surface area (Å²) in [6, 6.07) is 16.9. The van der Waals surface area contributed by atoms with Crippen LogP contribution in [0.1, 0.15) is 36.8 Å². The highest BCUT2D eigenvalue weighted by Crippen LogP contribution is 2.31. The summed E-state index contributed by atoms with van der Waals surface area (Å²) in [7, 11) is 0. The van der Waals surface area contributed by atoms with E-state index in [2.05, 4.69) is 4.99 Å². The first-order chi connectivity index (χ1) is 18.3. The average Bonchev–Trinajstić information content (AvgIpc) is 3.48. The van der Waals surface area contributed by atoms with Gasteiger partial charge in [0, 0.05) is 23.3 Å². The predicted octanol–water partition coefficient (Wildman–Crippen LogP) is 4.27. The molecule has 38 heavy (non-hydrogen) atoms. The Morgan fingerprint density at radius 1 is 1.18 bits per heavy atom. The van der Waals surface area contributed by atoms with Gasteiger partial charge in [-0.3, -0.25) is 19.5 Å². The fourth-order valence-electron chi connectivity index (χ4n) is 4.42. The van der Waals surface area contributed by atoms with Gasteiger partial charge in [-0.2, -0.15) is 0 Å². The van der Waals surface area contributed by atoms with Gasteiger partial charge in [0.25, 0.3) is 11.2 Å². The van der Waals surface area contributed by atoms with Gasteiger partial charge in [0.1, 0.15) is 11.5 Å². The Labute approximate surface area is 220 Å². The van der Waals surface area contributed by atoms with Gasteiger partial charge in [-0.1, -0.05) is 53.8 Å². The fourth-order valence-corrected chi connectivity index (χ4v) is 5.44. The molecule has 192 valence electrons. The molecule has 4 aromatic rings. The van der Waals surface area contributed by atoms with E-state index in [9.17, 15) is 19.7 Å². The molecule has 1 aliphatic rings. The lowest BCUT2D eigenvalue weighted by Gasteiger charge is -2.24. The van der Waals surface area contributed by atoms with E-state index >= 15 is 0 Å². The molecule has 10 heteroatoms. The minimum atomic E-state index is -0.686. The number of thiazole rings is 1. The molecule has 0 N–H and O–H groups in total. The van der Waals surface area contributed by atoms with E-state index in [1.54, 1.807) is 51.1 Å². The van der Waals surface area contributed by atoms with Crippen LogP contribution in [-0.4, -0.2) is 22.1 Å². The lowest BCUT2D eigenvalue weighted by Crippen LogP contribution is -2.39. The van der Waals surface area contributed by atoms with Crippen molar-refractivity contribution in [3.8, 4) is 11.3 Å². The van der Waals surface area contributed by atoms with Crippen molar-refractivity contribution in [1.29, 1.82) is 0 Å². The van der Waals surface area contributed by atoms with Crippen LogP contribution in [0.4, 0.5) is 5.69 Å². The number of benzene rings is 2. The molecule has 0 saturated carbocycles. The largest absolute Gasteiger partial charge is 0.463 e. The third-order valence-electron chi connectivity index (χ3n) is 6.22. The highest BCUT2D eigenvalue weighted by Gasteiger charge is 2.33. The summed E-state index contributed by atoms with van der Waals surface area (Å²) in [5.74, 6) is 0.334. The van der Waals surface area contributed by atoms with Gasteiger partial charge in [-0.15, -0.1) is 0 Å². The van der Waals surface area contributed by atoms with E-state index in [1.807, 2.05) is 30.3 Å². The molecule has 0 radical (unpaired) electrons. The van der Waals surface area contributed by atoms with Crippen LogP contribution in [0.25, 0.3) is 17.4 Å². The van der Waals surface area contributed by atoms with Crippen molar-refractivity contribution in [1.82, 2.24) is 4.57 Å². The van der Waals surface area contributed by atoms with Gasteiger partial charge in [-0.05, 0) is 38.5 Å². The average molecular weight is 530 g/mol. The number of carbonyl (C=O) groups is 1. The summed E-state index contributed by atoms with van der Waals surface area (Å²) in [4.78, 5) is 42.5. The molecule has 1 atom stereocenters. The van der Waals surface area contributed by atoms with E-state index in [0.717, 1.165) is 5.56 Å². The highest BCUT2D eigenvalue weighted by atomic mass is 32.1. The molecule has 0 bridgehead atoms. The molecular formula is C28H23N3O6S. The summed E-state index contributed by atoms with van der Waals surface area (Å²) >= 11 is 1.19. The monoisotopic (exact) mass is 529 g/mol. The molecule has 3 heterocycles. The Kier molecular flexibility index (Phi) is 6.64. The minimum Gasteiger partial charge on any atom is -0.463 e. The lowest BCUT2D eigenvalue weighted by molar-refractivity contribution is -0.385. The van der Waals surface area contributed by atoms with E-state index in [-0.39, 0.29) is 17.9 Å². The molecule has 5 rings (SSSR count). The summed E-state index contributed by atoms with van der Waals surface area (Å²) < 4.78 is 13.1. The number of carbonyl (C=O) groups excluding carboxylic acids is 1. The second-order valence-corrected chi connectivity index (χ2v) is 9.68. The zero-order valence-electron chi connectivity index (χ0n) is 20.8. The fraction of sp³-hybridized carbons (Fsp3) is 0.179. The standard InChI is InChI=1S/C28H23N3O6S/c1-4-36-27(33)24-17(3)29-28-30(25(24)18-8-6-5-7-9-18)26(32)23(38-28)15-20-12-13-22(37-20)19-11-10-16(2)21(14-19)31(34)35/h5-15,25H,4H2,1-3H3. The maximum absolute atomic E-state index is 13.7. The van der Waals surface area contributed by atoms with Crippen LogP contribution < -0.4 is 14.9 Å². The van der Waals surface area contributed by atoms with Crippen molar-refractivity contribution in [2.75, 3.05) is 6.61 Å². The number of nitro groups is 1. The van der Waals surface area contributed by atoms with Crippen LogP contribution in [0, 0.1) is 17.0 Å². The number of rotatable bonds is 6. The molecule has 0 saturated heterocycles. The molecule has 0 spiro atoms. The van der Waals surface area contributed by atoms with Crippen molar-refractivity contribution < 1.29 is 18.9 Å². The second kappa shape index (κ2) is 10.1. The number of nitro benzene ring substituents is 1. The van der Waals surface area contributed by atoms with E-state index < -0.39 is 16.9 Å². The zero-order valence-corrected chi connectivity index (χ0v) is 21.7. The van der Waals surface area contributed by atoms with E-state index in [0.29, 0.717) is 43.3 Å². The number of esters is 1. The molecule has 0 amide bonds. The van der Waals surface area contributed by atoms with Crippen LogP contribution in [0.2, 0.25) is 0 Å². The number of allylic oxidation sites excluding steroid dienone is 1. The topological polar surface area (TPSA) is 117 Å². The summed E-state index contributed by atoms with van der Waals surface area (Å²) in [6.07, 6.45) is 1.61. The van der Waals surface area contributed by atoms with Crippen molar-refractivity contribution in [2.45, 2.75) is 26.8 Å². The number of aromatic nitrogens is 1. The predicted molar refractivity (Wildman–Crippen MR) is 142 cm³/mol. The number of nitrogens with zero attached hydrogens (tertiary/aromatic N) is 3. The molecule has 0 fully saturated rings. The van der Waals surface area contributed by atoms with Crippen molar-refractivity contribution in [2.24, 2.45) is 4.99 Å². The van der Waals surface area contributed by atoms with Gasteiger partial charge in [0.2, 0.25) is 0 Å². The summed E-state index contributed by atoms with van der Waals surface area (Å²) in [6.45, 7) is 5.34. The molecular weight excluding hydrogens is 506 g/mol. The number of furan rings is 1. The molecule has 0 aliphatic carbocycles. The van der Waals surface area contributed by atoms with Crippen LogP contribution in [0.3, 0.4) is 0 Å². The van der Waals surface area contributed by atoms with Crippen LogP contribution >= 0.6 is 11.3 Å². The first kappa shape index (κ1) is 25.1. The first-order valence-electron chi connectivity index (χ1n) is 11.9. The van der Waals surface area contributed by atoms with Gasteiger partial charge in [0.05, 0.1) is 33.4 Å². The SMILES string of the molecule is CCOC(=O)C1=C(C)N=c2sc(=Cc3ccc(-c4ccc(C)c([N+](=O)[O-])c4)o3)c(=O)n2C1c1ccccc1. The van der Waals surface area contributed by atoms with Crippen molar-refractivity contribution >= 4 is 29.1 Å². The number of hydrogen-bond donors (Lipinski definition) is 0. The smallest absolute Gasteiger partial charge is 0.338 e. The maximum atomic E-state index is 13.7. The highest BCUT2D eigenvalue weighted by molar-refractivity contribution is 7.07. The van der Waals surface area contributed by atoms with Gasteiger partial charge in [-0.25, -0.2) is 9.79 Å². The van der Waals surface area contributed by atoms with E-state index in [4.69, 9.17) is 9.15 Å². The Hall–Kier alpha value is -4.57. The molecule has 2 aromatic heterocycles. The number of aryl methyl sites for hydroxylation is 1. The third kappa shape index (κ3) is 4.50. The summed E-state index contributed by atoms with van der Waals surface area (Å²) in [5.41, 5.74) is 2.37.